The molecule has 1 N–H and O–H groups in total. The molecule has 0 saturated heterocycles. The molecule has 0 spiro atoms. The van der Waals surface area contributed by atoms with Crippen molar-refractivity contribution in [2.24, 2.45) is 0 Å². The van der Waals surface area contributed by atoms with E-state index in [2.05, 4.69) is 20.7 Å². The van der Waals surface area contributed by atoms with Crippen LogP contribution in [-0.2, 0) is 21.4 Å². The predicted octanol–water partition coefficient (Wildman–Crippen LogP) is 1.58. The van der Waals surface area contributed by atoms with Crippen LogP contribution in [-0.4, -0.2) is 39.3 Å². The van der Waals surface area contributed by atoms with Crippen LogP contribution < -0.4 is 9.62 Å². The predicted molar refractivity (Wildman–Crippen MR) is 82.1 cm³/mol. The second-order valence-electron chi connectivity index (χ2n) is 4.77. The van der Waals surface area contributed by atoms with Crippen molar-refractivity contribution < 1.29 is 13.2 Å². The highest BCUT2D eigenvalue weighted by atomic mass is 79.9. The minimum Gasteiger partial charge on any atom is -0.310 e. The summed E-state index contributed by atoms with van der Waals surface area (Å²) in [6, 6.07) is 3.58. The zero-order valence-electron chi connectivity index (χ0n) is 11.5. The summed E-state index contributed by atoms with van der Waals surface area (Å²) in [6.45, 7) is 2.04. The maximum atomic E-state index is 12.0. The monoisotopic (exact) mass is 361 g/mol. The van der Waals surface area contributed by atoms with Gasteiger partial charge in [-0.2, -0.15) is 12.7 Å². The van der Waals surface area contributed by atoms with Gasteiger partial charge in [-0.3, -0.25) is 9.52 Å². The lowest BCUT2D eigenvalue weighted by molar-refractivity contribution is -0.116. The Morgan fingerprint density at radius 2 is 2.05 bits per heavy atom. The highest BCUT2D eigenvalue weighted by molar-refractivity contribution is 9.10. The quantitative estimate of drug-likeness (QED) is 0.888. The molecule has 1 aliphatic heterocycles. The Labute approximate surface area is 127 Å². The first-order chi connectivity index (χ1) is 9.22. The summed E-state index contributed by atoms with van der Waals surface area (Å²) in [4.78, 5) is 13.3. The van der Waals surface area contributed by atoms with Gasteiger partial charge in [0.2, 0.25) is 5.91 Å². The third kappa shape index (κ3) is 2.82. The lowest BCUT2D eigenvalue weighted by Gasteiger charge is -2.21. The molecular weight excluding hydrogens is 346 g/mol. The van der Waals surface area contributed by atoms with Crippen LogP contribution in [0.3, 0.4) is 0 Å². The molecule has 1 heterocycles. The topological polar surface area (TPSA) is 69.7 Å². The number of carbonyl (C=O) groups is 1. The Morgan fingerprint density at radius 3 is 2.60 bits per heavy atom. The van der Waals surface area contributed by atoms with Crippen LogP contribution in [0.1, 0.15) is 12.5 Å². The molecule has 0 atom stereocenters. The summed E-state index contributed by atoms with van der Waals surface area (Å²) in [7, 11) is -0.719. The number of hydrogen-bond acceptors (Lipinski definition) is 3. The highest BCUT2D eigenvalue weighted by Gasteiger charge is 2.28. The average Bonchev–Trinajstić information content (AvgIpc) is 2.71. The van der Waals surface area contributed by atoms with Gasteiger partial charge >= 0.3 is 10.2 Å². The zero-order chi connectivity index (χ0) is 15.1. The molecule has 0 fully saturated rings. The molecule has 0 radical (unpaired) electrons. The van der Waals surface area contributed by atoms with Crippen LogP contribution in [0.25, 0.3) is 0 Å². The first-order valence-electron chi connectivity index (χ1n) is 6.03. The fourth-order valence-electron chi connectivity index (χ4n) is 2.13. The molecule has 0 saturated carbocycles. The molecule has 0 aromatic heterocycles. The first-order valence-corrected chi connectivity index (χ1v) is 8.26. The number of fused-ring (bicyclic) bond motifs is 1. The van der Waals surface area contributed by atoms with Gasteiger partial charge < -0.3 is 4.90 Å². The first kappa shape index (κ1) is 15.3. The Morgan fingerprint density at radius 1 is 1.40 bits per heavy atom. The molecule has 1 aromatic carbocycles. The molecule has 20 heavy (non-hydrogen) atoms. The number of nitrogens with zero attached hydrogens (tertiary/aromatic N) is 2. The molecule has 1 amide bonds. The summed E-state index contributed by atoms with van der Waals surface area (Å²) in [5.41, 5.74) is 2.01. The Kier molecular flexibility index (Phi) is 4.08. The van der Waals surface area contributed by atoms with E-state index in [1.807, 2.05) is 6.07 Å². The van der Waals surface area contributed by atoms with Gasteiger partial charge in [0.1, 0.15) is 0 Å². The summed E-state index contributed by atoms with van der Waals surface area (Å²) in [5.74, 6) is -0.101. The normalized spacial score (nSPS) is 14.6. The molecular formula is C12H16BrN3O3S. The minimum absolute atomic E-state index is 0.101. The number of rotatable bonds is 3. The SMILES string of the molecule is CC(=O)N1CCc2cc(Br)cc(NS(=O)(=O)N(C)C)c21. The smallest absolute Gasteiger partial charge is 0.301 e. The molecule has 1 aromatic rings. The second kappa shape index (κ2) is 5.34. The van der Waals surface area contributed by atoms with Crippen LogP contribution >= 0.6 is 15.9 Å². The molecule has 2 rings (SSSR count). The fourth-order valence-corrected chi connectivity index (χ4v) is 3.25. The average molecular weight is 362 g/mol. The van der Waals surface area contributed by atoms with Crippen molar-refractivity contribution in [1.82, 2.24) is 4.31 Å². The van der Waals surface area contributed by atoms with Crippen molar-refractivity contribution in [3.8, 4) is 0 Å². The van der Waals surface area contributed by atoms with Gasteiger partial charge in [-0.1, -0.05) is 15.9 Å². The van der Waals surface area contributed by atoms with Gasteiger partial charge in [0, 0.05) is 32.0 Å². The zero-order valence-corrected chi connectivity index (χ0v) is 13.9. The van der Waals surface area contributed by atoms with Gasteiger partial charge in [0.25, 0.3) is 0 Å². The van der Waals surface area contributed by atoms with Gasteiger partial charge in [0.05, 0.1) is 11.4 Å². The number of hydrogen-bond donors (Lipinski definition) is 1. The Hall–Kier alpha value is -1.12. The highest BCUT2D eigenvalue weighted by Crippen LogP contribution is 2.38. The summed E-state index contributed by atoms with van der Waals surface area (Å²) in [5, 5.41) is 0. The van der Waals surface area contributed by atoms with E-state index < -0.39 is 10.2 Å². The Balaban J connectivity index is 2.52. The fraction of sp³-hybridized carbons (Fsp3) is 0.417. The van der Waals surface area contributed by atoms with Gasteiger partial charge in [-0.05, 0) is 24.1 Å². The Bertz CT molecular complexity index is 658. The lowest BCUT2D eigenvalue weighted by atomic mass is 10.1. The molecule has 6 nitrogen and oxygen atoms in total. The third-order valence-electron chi connectivity index (χ3n) is 3.13. The number of benzene rings is 1. The third-order valence-corrected chi connectivity index (χ3v) is 5.03. The van der Waals surface area contributed by atoms with Crippen molar-refractivity contribution in [3.05, 3.63) is 22.2 Å². The maximum Gasteiger partial charge on any atom is 0.301 e. The molecule has 0 aliphatic carbocycles. The van der Waals surface area contributed by atoms with E-state index in [1.165, 1.54) is 21.0 Å². The molecule has 110 valence electrons. The van der Waals surface area contributed by atoms with Crippen LogP contribution in [0, 0.1) is 0 Å². The summed E-state index contributed by atoms with van der Waals surface area (Å²) < 4.78 is 28.4. The molecule has 0 unspecified atom stereocenters. The molecule has 8 heteroatoms. The van der Waals surface area contributed by atoms with E-state index in [9.17, 15) is 13.2 Å². The number of carbonyl (C=O) groups excluding carboxylic acids is 1. The van der Waals surface area contributed by atoms with Crippen LogP contribution in [0.5, 0.6) is 0 Å². The van der Waals surface area contributed by atoms with Crippen molar-refractivity contribution in [3.63, 3.8) is 0 Å². The largest absolute Gasteiger partial charge is 0.310 e. The van der Waals surface area contributed by atoms with E-state index in [1.54, 1.807) is 11.0 Å². The van der Waals surface area contributed by atoms with E-state index in [4.69, 9.17) is 0 Å². The summed E-state index contributed by atoms with van der Waals surface area (Å²) >= 11 is 3.37. The molecule has 0 bridgehead atoms. The van der Waals surface area contributed by atoms with E-state index in [-0.39, 0.29) is 5.91 Å². The van der Waals surface area contributed by atoms with E-state index in [0.717, 1.165) is 14.3 Å². The van der Waals surface area contributed by atoms with Crippen molar-refractivity contribution in [2.75, 3.05) is 30.3 Å². The van der Waals surface area contributed by atoms with Crippen LogP contribution in [0.15, 0.2) is 16.6 Å². The van der Waals surface area contributed by atoms with Crippen LogP contribution in [0.2, 0.25) is 0 Å². The van der Waals surface area contributed by atoms with Crippen molar-refractivity contribution >= 4 is 43.4 Å². The minimum atomic E-state index is -3.61. The summed E-state index contributed by atoms with van der Waals surface area (Å²) in [6.07, 6.45) is 0.713. The number of amides is 1. The van der Waals surface area contributed by atoms with Gasteiger partial charge in [-0.25, -0.2) is 0 Å². The van der Waals surface area contributed by atoms with E-state index >= 15 is 0 Å². The number of halogens is 1. The van der Waals surface area contributed by atoms with Gasteiger partial charge in [-0.15, -0.1) is 0 Å². The van der Waals surface area contributed by atoms with Crippen molar-refractivity contribution in [1.29, 1.82) is 0 Å². The standard InChI is InChI=1S/C12H16BrN3O3S/c1-8(17)16-5-4-9-6-10(13)7-11(12(9)16)14-20(18,19)15(2)3/h6-7,14H,4-5H2,1-3H3. The van der Waals surface area contributed by atoms with Crippen molar-refractivity contribution in [2.45, 2.75) is 13.3 Å². The van der Waals surface area contributed by atoms with Crippen LogP contribution in [0.4, 0.5) is 11.4 Å². The maximum absolute atomic E-state index is 12.0. The number of anilines is 2. The second-order valence-corrected chi connectivity index (χ2v) is 7.57. The van der Waals surface area contributed by atoms with E-state index in [0.29, 0.717) is 24.3 Å². The van der Waals surface area contributed by atoms with Gasteiger partial charge in [0.15, 0.2) is 0 Å². The number of nitrogens with one attached hydrogen (secondary N) is 1. The molecule has 1 aliphatic rings. The lowest BCUT2D eigenvalue weighted by Crippen LogP contribution is -2.31.